The first-order chi connectivity index (χ1) is 6.24. The molecule has 0 spiro atoms. The van der Waals surface area contributed by atoms with Crippen molar-refractivity contribution < 1.29 is 9.59 Å². The zero-order valence-electron chi connectivity index (χ0n) is 8.09. The molecule has 0 rings (SSSR count). The number of nitrogens with one attached hydrogen (secondary N) is 1. The van der Waals surface area contributed by atoms with Gasteiger partial charge in [0, 0.05) is 12.8 Å². The lowest BCUT2D eigenvalue weighted by atomic mass is 10.2. The zero-order chi connectivity index (χ0) is 10.1. The van der Waals surface area contributed by atoms with Gasteiger partial charge < -0.3 is 10.1 Å². The van der Waals surface area contributed by atoms with Crippen LogP contribution >= 0.6 is 0 Å². The van der Waals surface area contributed by atoms with E-state index in [1.54, 1.807) is 6.92 Å². The van der Waals surface area contributed by atoms with E-state index in [9.17, 15) is 9.59 Å². The summed E-state index contributed by atoms with van der Waals surface area (Å²) in [5.41, 5.74) is 0. The third-order valence-corrected chi connectivity index (χ3v) is 1.49. The van der Waals surface area contributed by atoms with Gasteiger partial charge in [-0.05, 0) is 13.3 Å². The molecule has 0 aliphatic carbocycles. The fraction of sp³-hybridized carbons (Fsp3) is 0.600. The van der Waals surface area contributed by atoms with Gasteiger partial charge in [0.25, 0.3) is 0 Å². The van der Waals surface area contributed by atoms with Gasteiger partial charge in [-0.15, -0.1) is 11.8 Å². The van der Waals surface area contributed by atoms with Crippen LogP contribution < -0.4 is 5.32 Å². The maximum absolute atomic E-state index is 11.1. The van der Waals surface area contributed by atoms with E-state index in [-0.39, 0.29) is 5.91 Å². The normalized spacial score (nSPS) is 10.9. The molecule has 72 valence electrons. The second-order valence-electron chi connectivity index (χ2n) is 2.69. The van der Waals surface area contributed by atoms with Crippen molar-refractivity contribution in [2.75, 3.05) is 0 Å². The number of rotatable bonds is 5. The number of aldehydes is 1. The molecular weight excluding hydrogens is 166 g/mol. The van der Waals surface area contributed by atoms with Crippen molar-refractivity contribution in [3.8, 4) is 11.8 Å². The lowest BCUT2D eigenvalue weighted by Gasteiger charge is -2.08. The number of hydrogen-bond acceptors (Lipinski definition) is 2. The second-order valence-corrected chi connectivity index (χ2v) is 2.69. The van der Waals surface area contributed by atoms with Crippen molar-refractivity contribution in [2.24, 2.45) is 0 Å². The molecule has 0 aromatic heterocycles. The van der Waals surface area contributed by atoms with Crippen LogP contribution in [0.15, 0.2) is 0 Å². The predicted octanol–water partition coefficient (Wildman–Crippen LogP) is 0.884. The van der Waals surface area contributed by atoms with Gasteiger partial charge in [-0.3, -0.25) is 4.79 Å². The largest absolute Gasteiger partial charge is 0.346 e. The summed E-state index contributed by atoms with van der Waals surface area (Å²) in [5, 5.41) is 2.59. The predicted molar refractivity (Wildman–Crippen MR) is 51.0 cm³/mol. The Morgan fingerprint density at radius 2 is 2.31 bits per heavy atom. The minimum absolute atomic E-state index is 0.0856. The molecule has 0 heterocycles. The first-order valence-corrected chi connectivity index (χ1v) is 4.38. The van der Waals surface area contributed by atoms with E-state index in [1.165, 1.54) is 0 Å². The molecule has 0 aliphatic rings. The van der Waals surface area contributed by atoms with Crippen LogP contribution in [0, 0.1) is 11.8 Å². The Labute approximate surface area is 78.9 Å². The lowest BCUT2D eigenvalue weighted by Crippen LogP contribution is -2.35. The summed E-state index contributed by atoms with van der Waals surface area (Å²) in [4.78, 5) is 21.5. The maximum Gasteiger partial charge on any atom is 0.220 e. The van der Waals surface area contributed by atoms with Gasteiger partial charge in [0.15, 0.2) is 0 Å². The maximum atomic E-state index is 11.1. The Morgan fingerprint density at radius 3 is 2.77 bits per heavy atom. The molecule has 3 heteroatoms. The third kappa shape index (κ3) is 5.92. The molecule has 1 amide bonds. The first-order valence-electron chi connectivity index (χ1n) is 4.38. The average Bonchev–Trinajstić information content (AvgIpc) is 2.12. The second kappa shape index (κ2) is 7.35. The average molecular weight is 181 g/mol. The Morgan fingerprint density at radius 1 is 1.62 bits per heavy atom. The Bertz CT molecular complexity index is 225. The highest BCUT2D eigenvalue weighted by Crippen LogP contribution is 1.90. The summed E-state index contributed by atoms with van der Waals surface area (Å²) in [6.45, 7) is 3.62. The molecule has 3 nitrogen and oxygen atoms in total. The van der Waals surface area contributed by atoms with E-state index in [0.717, 1.165) is 12.7 Å². The van der Waals surface area contributed by atoms with Gasteiger partial charge in [-0.2, -0.15) is 0 Å². The minimum atomic E-state index is -0.452. The highest BCUT2D eigenvalue weighted by Gasteiger charge is 2.08. The number of carbonyl (C=O) groups is 2. The molecule has 0 fully saturated rings. The molecule has 1 atom stereocenters. The fourth-order valence-corrected chi connectivity index (χ4v) is 0.851. The van der Waals surface area contributed by atoms with E-state index in [2.05, 4.69) is 17.2 Å². The summed E-state index contributed by atoms with van der Waals surface area (Å²) in [6, 6.07) is -0.452. The van der Waals surface area contributed by atoms with Crippen LogP contribution in [0.2, 0.25) is 0 Å². The van der Waals surface area contributed by atoms with E-state index in [4.69, 9.17) is 0 Å². The molecule has 0 aromatic carbocycles. The highest BCUT2D eigenvalue weighted by atomic mass is 16.2. The van der Waals surface area contributed by atoms with Crippen LogP contribution in [0.5, 0.6) is 0 Å². The SMILES string of the molecule is CC#CC[C@@H](C=O)NC(=O)CCC. The Hall–Kier alpha value is -1.30. The quantitative estimate of drug-likeness (QED) is 0.505. The first kappa shape index (κ1) is 11.7. The van der Waals surface area contributed by atoms with Crippen LogP contribution in [0.25, 0.3) is 0 Å². The number of carbonyl (C=O) groups excluding carboxylic acids is 2. The van der Waals surface area contributed by atoms with Crippen LogP contribution in [0.3, 0.4) is 0 Å². The summed E-state index contributed by atoms with van der Waals surface area (Å²) in [5.74, 6) is 5.34. The zero-order valence-corrected chi connectivity index (χ0v) is 8.09. The van der Waals surface area contributed by atoms with Crippen LogP contribution in [0.1, 0.15) is 33.1 Å². The lowest BCUT2D eigenvalue weighted by molar-refractivity contribution is -0.123. The van der Waals surface area contributed by atoms with Gasteiger partial charge in [-0.25, -0.2) is 0 Å². The standard InChI is InChI=1S/C10H15NO2/c1-3-5-7-9(8-12)11-10(13)6-4-2/h8-9H,4,6-7H2,1-2H3,(H,11,13)/t9-/m0/s1. The Balaban J connectivity index is 3.87. The third-order valence-electron chi connectivity index (χ3n) is 1.49. The Kier molecular flexibility index (Phi) is 6.62. The van der Waals surface area contributed by atoms with Crippen molar-refractivity contribution in [2.45, 2.75) is 39.2 Å². The smallest absolute Gasteiger partial charge is 0.220 e. The molecule has 0 radical (unpaired) electrons. The minimum Gasteiger partial charge on any atom is -0.346 e. The molecule has 1 N–H and O–H groups in total. The van der Waals surface area contributed by atoms with Crippen LogP contribution in [0.4, 0.5) is 0 Å². The molecular formula is C10H15NO2. The van der Waals surface area contributed by atoms with Crippen molar-refractivity contribution in [1.29, 1.82) is 0 Å². The summed E-state index contributed by atoms with van der Waals surface area (Å²) in [7, 11) is 0. The topological polar surface area (TPSA) is 46.2 Å². The summed E-state index contributed by atoms with van der Waals surface area (Å²) < 4.78 is 0. The molecule has 0 bridgehead atoms. The van der Waals surface area contributed by atoms with Gasteiger partial charge in [0.05, 0.1) is 6.04 Å². The molecule has 0 unspecified atom stereocenters. The molecule has 0 saturated heterocycles. The van der Waals surface area contributed by atoms with Gasteiger partial charge in [-0.1, -0.05) is 6.92 Å². The van der Waals surface area contributed by atoms with Crippen molar-refractivity contribution in [3.05, 3.63) is 0 Å². The molecule has 0 aliphatic heterocycles. The summed E-state index contributed by atoms with van der Waals surface area (Å²) in [6.07, 6.45) is 2.37. The number of hydrogen-bond donors (Lipinski definition) is 1. The molecule has 0 aromatic rings. The van der Waals surface area contributed by atoms with Crippen molar-refractivity contribution in [1.82, 2.24) is 5.32 Å². The van der Waals surface area contributed by atoms with E-state index in [1.807, 2.05) is 6.92 Å². The van der Waals surface area contributed by atoms with E-state index < -0.39 is 6.04 Å². The molecule has 0 saturated carbocycles. The van der Waals surface area contributed by atoms with Crippen molar-refractivity contribution in [3.63, 3.8) is 0 Å². The molecule has 13 heavy (non-hydrogen) atoms. The van der Waals surface area contributed by atoms with E-state index >= 15 is 0 Å². The monoisotopic (exact) mass is 181 g/mol. The van der Waals surface area contributed by atoms with Gasteiger partial charge in [0.2, 0.25) is 5.91 Å². The van der Waals surface area contributed by atoms with Gasteiger partial charge >= 0.3 is 0 Å². The summed E-state index contributed by atoms with van der Waals surface area (Å²) >= 11 is 0. The van der Waals surface area contributed by atoms with Crippen LogP contribution in [-0.4, -0.2) is 18.2 Å². The highest BCUT2D eigenvalue weighted by molar-refractivity contribution is 5.79. The van der Waals surface area contributed by atoms with E-state index in [0.29, 0.717) is 12.8 Å². The fourth-order valence-electron chi connectivity index (χ4n) is 0.851. The number of amides is 1. The van der Waals surface area contributed by atoms with Crippen LogP contribution in [-0.2, 0) is 9.59 Å². The van der Waals surface area contributed by atoms with Gasteiger partial charge in [0.1, 0.15) is 6.29 Å². The van der Waals surface area contributed by atoms with Crippen molar-refractivity contribution >= 4 is 12.2 Å².